The van der Waals surface area contributed by atoms with Gasteiger partial charge in [0.05, 0.1) is 18.8 Å². The molecule has 15 unspecified atom stereocenters. The number of allylic oxidation sites excluding steroid dienone is 5. The number of hydrogen-bond donors (Lipinski definition) is 6. The first-order valence-corrected chi connectivity index (χ1v) is 17.5. The zero-order valence-corrected chi connectivity index (χ0v) is 28.4. The molecule has 13 heteroatoms. The van der Waals surface area contributed by atoms with Crippen LogP contribution in [0.1, 0.15) is 65.7 Å². The lowest BCUT2D eigenvalue weighted by Gasteiger charge is -2.54. The Kier molecular flexibility index (Phi) is 9.53. The molecule has 49 heavy (non-hydrogen) atoms. The molecule has 4 aliphatic carbocycles. The van der Waals surface area contributed by atoms with Crippen molar-refractivity contribution in [3.8, 4) is 0 Å². The molecule has 13 nitrogen and oxygen atoms in total. The van der Waals surface area contributed by atoms with Gasteiger partial charge in [-0.15, -0.1) is 0 Å². The Morgan fingerprint density at radius 3 is 2.31 bits per heavy atom. The third-order valence-corrected chi connectivity index (χ3v) is 12.6. The Morgan fingerprint density at radius 2 is 1.61 bits per heavy atom. The Labute approximate surface area is 285 Å². The number of hydrogen-bond acceptors (Lipinski definition) is 13. The van der Waals surface area contributed by atoms with Crippen LogP contribution in [-0.2, 0) is 33.2 Å². The van der Waals surface area contributed by atoms with Crippen molar-refractivity contribution in [1.82, 2.24) is 0 Å². The molecule has 3 aliphatic heterocycles. The SMILES string of the molecule is COC1C(O)C(OC2CCC3(C)C4=C(CCC3C2)C2=CC=C(C3=CC(=O)OC3O)C2(C)CC4)OC(C)C1OC1OC(CO)C(O)C(O)C1O. The first kappa shape index (κ1) is 35.4. The van der Waals surface area contributed by atoms with Gasteiger partial charge in [0.1, 0.15) is 42.7 Å². The number of ether oxygens (including phenoxy) is 6. The normalized spacial score (nSPS) is 48.2. The van der Waals surface area contributed by atoms with Gasteiger partial charge in [0.2, 0.25) is 6.29 Å². The molecule has 0 aromatic heterocycles. The molecule has 0 radical (unpaired) electrons. The molecule has 15 atom stereocenters. The quantitative estimate of drug-likeness (QED) is 0.208. The maximum Gasteiger partial charge on any atom is 0.333 e. The smallest absolute Gasteiger partial charge is 0.333 e. The highest BCUT2D eigenvalue weighted by molar-refractivity contribution is 5.87. The molecule has 0 aromatic rings. The van der Waals surface area contributed by atoms with E-state index in [-0.39, 0.29) is 16.9 Å². The van der Waals surface area contributed by atoms with Crippen LogP contribution in [0.5, 0.6) is 0 Å². The number of cyclic esters (lactones) is 1. The van der Waals surface area contributed by atoms with E-state index in [1.54, 1.807) is 6.92 Å². The molecule has 1 saturated carbocycles. The molecule has 0 aromatic carbocycles. The average molecular weight is 691 g/mol. The second-order valence-electron chi connectivity index (χ2n) is 15.2. The molecule has 3 fully saturated rings. The van der Waals surface area contributed by atoms with E-state index in [0.29, 0.717) is 11.5 Å². The zero-order valence-electron chi connectivity index (χ0n) is 28.4. The van der Waals surface area contributed by atoms with Gasteiger partial charge in [0.15, 0.2) is 12.6 Å². The second-order valence-corrected chi connectivity index (χ2v) is 15.2. The number of carbonyl (C=O) groups is 1. The van der Waals surface area contributed by atoms with Crippen molar-refractivity contribution in [2.75, 3.05) is 13.7 Å². The third kappa shape index (κ3) is 5.79. The van der Waals surface area contributed by atoms with Crippen molar-refractivity contribution in [3.63, 3.8) is 0 Å². The van der Waals surface area contributed by atoms with Crippen LogP contribution in [-0.4, -0.2) is 124 Å². The van der Waals surface area contributed by atoms with Crippen molar-refractivity contribution >= 4 is 5.97 Å². The van der Waals surface area contributed by atoms with Gasteiger partial charge in [0, 0.05) is 24.2 Å². The molecule has 2 saturated heterocycles. The Bertz CT molecular complexity index is 1440. The molecular formula is C36H50O13. The van der Waals surface area contributed by atoms with Crippen LogP contribution in [0, 0.1) is 16.7 Å². The maximum atomic E-state index is 11.9. The first-order valence-electron chi connectivity index (χ1n) is 17.5. The van der Waals surface area contributed by atoms with E-state index in [4.69, 9.17) is 28.4 Å². The molecule has 6 N–H and O–H groups in total. The number of aliphatic hydroxyl groups is 6. The number of rotatable bonds is 7. The van der Waals surface area contributed by atoms with E-state index in [1.807, 2.05) is 6.08 Å². The first-order chi connectivity index (χ1) is 23.3. The summed E-state index contributed by atoms with van der Waals surface area (Å²) in [4.78, 5) is 11.9. The monoisotopic (exact) mass is 690 g/mol. The van der Waals surface area contributed by atoms with Crippen molar-refractivity contribution in [1.29, 1.82) is 0 Å². The predicted octanol–water partition coefficient (Wildman–Crippen LogP) is 1.04. The highest BCUT2D eigenvalue weighted by Gasteiger charge is 2.54. The summed E-state index contributed by atoms with van der Waals surface area (Å²) in [6.07, 6.45) is -1.46. The summed E-state index contributed by atoms with van der Waals surface area (Å²) in [7, 11) is 1.43. The topological polar surface area (TPSA) is 194 Å². The molecular weight excluding hydrogens is 640 g/mol. The van der Waals surface area contributed by atoms with Crippen molar-refractivity contribution in [3.05, 3.63) is 46.1 Å². The summed E-state index contributed by atoms with van der Waals surface area (Å²) in [5, 5.41) is 62.2. The Hall–Kier alpha value is -2.01. The molecule has 7 aliphatic rings. The molecule has 0 bridgehead atoms. The van der Waals surface area contributed by atoms with Gasteiger partial charge in [-0.25, -0.2) is 4.79 Å². The molecule has 3 heterocycles. The largest absolute Gasteiger partial charge is 0.428 e. The predicted molar refractivity (Wildman–Crippen MR) is 170 cm³/mol. The number of fused-ring (bicyclic) bond motifs is 4. The van der Waals surface area contributed by atoms with Crippen molar-refractivity contribution < 1.29 is 63.9 Å². The summed E-state index contributed by atoms with van der Waals surface area (Å²) in [6, 6.07) is 0. The average Bonchev–Trinajstić information content (AvgIpc) is 3.60. The molecule has 7 rings (SSSR count). The van der Waals surface area contributed by atoms with E-state index in [2.05, 4.69) is 19.9 Å². The summed E-state index contributed by atoms with van der Waals surface area (Å²) in [5.41, 5.74) is 5.44. The van der Waals surface area contributed by atoms with Gasteiger partial charge in [-0.1, -0.05) is 31.6 Å². The van der Waals surface area contributed by atoms with Gasteiger partial charge in [-0.2, -0.15) is 0 Å². The minimum atomic E-state index is -1.60. The van der Waals surface area contributed by atoms with E-state index in [1.165, 1.54) is 29.9 Å². The fraction of sp³-hybridized carbons (Fsp3) is 0.750. The van der Waals surface area contributed by atoms with Crippen LogP contribution in [0.15, 0.2) is 46.1 Å². The minimum absolute atomic E-state index is 0.00230. The van der Waals surface area contributed by atoms with Gasteiger partial charge in [-0.3, -0.25) is 0 Å². The standard InChI is InChI=1S/C36H50O13/c1-16-30(49-33-28(41)27(40)26(39)24(15-37)47-33)31(44-4)29(42)34(45-16)46-18-9-11-35(2)17(13-18)5-6-19-21-7-8-22(20-14-25(38)48-32(20)43)36(21,3)12-10-23(19)35/h7-8,14,16-18,24,26-34,37,39-43H,5-6,9-13,15H2,1-4H3. The van der Waals surface area contributed by atoms with Crippen LogP contribution >= 0.6 is 0 Å². The van der Waals surface area contributed by atoms with E-state index in [9.17, 15) is 35.4 Å². The molecule has 272 valence electrons. The van der Waals surface area contributed by atoms with Crippen LogP contribution in [0.3, 0.4) is 0 Å². The van der Waals surface area contributed by atoms with Crippen molar-refractivity contribution in [2.24, 2.45) is 16.7 Å². The summed E-state index contributed by atoms with van der Waals surface area (Å²) in [5.74, 6) is -0.129. The van der Waals surface area contributed by atoms with Crippen LogP contribution in [0.25, 0.3) is 0 Å². The number of aliphatic hydroxyl groups excluding tert-OH is 6. The molecule has 0 spiro atoms. The maximum absolute atomic E-state index is 11.9. The Morgan fingerprint density at radius 1 is 0.878 bits per heavy atom. The van der Waals surface area contributed by atoms with Gasteiger partial charge >= 0.3 is 5.97 Å². The van der Waals surface area contributed by atoms with Gasteiger partial charge in [0.25, 0.3) is 0 Å². The minimum Gasteiger partial charge on any atom is -0.428 e. The Balaban J connectivity index is 1.01. The lowest BCUT2D eigenvalue weighted by atomic mass is 9.52. The zero-order chi connectivity index (χ0) is 35.0. The van der Waals surface area contributed by atoms with Crippen LogP contribution in [0.2, 0.25) is 0 Å². The lowest BCUT2D eigenvalue weighted by molar-refractivity contribution is -0.361. The van der Waals surface area contributed by atoms with Crippen molar-refractivity contribution in [2.45, 2.75) is 140 Å². The summed E-state index contributed by atoms with van der Waals surface area (Å²) >= 11 is 0. The van der Waals surface area contributed by atoms with E-state index < -0.39 is 80.3 Å². The summed E-state index contributed by atoms with van der Waals surface area (Å²) in [6.45, 7) is 5.73. The van der Waals surface area contributed by atoms with Gasteiger partial charge < -0.3 is 59.1 Å². The fourth-order valence-corrected chi connectivity index (χ4v) is 9.74. The highest BCUT2D eigenvalue weighted by atomic mass is 16.7. The van der Waals surface area contributed by atoms with Crippen LogP contribution < -0.4 is 0 Å². The van der Waals surface area contributed by atoms with E-state index in [0.717, 1.165) is 50.5 Å². The van der Waals surface area contributed by atoms with Gasteiger partial charge in [-0.05, 0) is 79.9 Å². The number of carbonyl (C=O) groups excluding carboxylic acids is 1. The highest BCUT2D eigenvalue weighted by Crippen LogP contribution is 2.63. The third-order valence-electron chi connectivity index (χ3n) is 12.6. The lowest BCUT2D eigenvalue weighted by Crippen LogP contribution is -2.64. The second kappa shape index (κ2) is 13.2. The van der Waals surface area contributed by atoms with E-state index >= 15 is 0 Å². The van der Waals surface area contributed by atoms with Crippen LogP contribution in [0.4, 0.5) is 0 Å². The molecule has 0 amide bonds. The fourth-order valence-electron chi connectivity index (χ4n) is 9.74. The summed E-state index contributed by atoms with van der Waals surface area (Å²) < 4.78 is 34.8. The number of methoxy groups -OCH3 is 1. The number of esters is 1.